The third kappa shape index (κ3) is 2.47. The van der Waals surface area contributed by atoms with E-state index in [4.69, 9.17) is 21.5 Å². The summed E-state index contributed by atoms with van der Waals surface area (Å²) in [6.45, 7) is 1.92. The maximum absolute atomic E-state index is 11.6. The van der Waals surface area contributed by atoms with E-state index in [9.17, 15) is 4.79 Å². The number of fused-ring (bicyclic) bond motifs is 1. The summed E-state index contributed by atoms with van der Waals surface area (Å²) in [4.78, 5) is 12.1. The molecule has 1 aromatic carbocycles. The minimum atomic E-state index is -0.641. The van der Waals surface area contributed by atoms with Crippen LogP contribution in [0.3, 0.4) is 0 Å². The first kappa shape index (κ1) is 12.9. The Labute approximate surface area is 112 Å². The number of hydrogen-bond acceptors (Lipinski definition) is 5. The molecule has 1 N–H and O–H groups in total. The summed E-state index contributed by atoms with van der Waals surface area (Å²) in [6, 6.07) is 7.16. The minimum Gasteiger partial charge on any atom is -0.461 e. The lowest BCUT2D eigenvalue weighted by molar-refractivity contribution is -0.135. The second-order valence-electron chi connectivity index (χ2n) is 3.46. The molecule has 0 atom stereocenters. The highest BCUT2D eigenvalue weighted by molar-refractivity contribution is 7.21. The molecule has 1 aromatic heterocycles. The molecule has 0 spiro atoms. The number of nitrogens with zero attached hydrogens (tertiary/aromatic N) is 1. The van der Waals surface area contributed by atoms with Gasteiger partial charge in [-0.05, 0) is 36.6 Å². The molecule has 0 bridgehead atoms. The van der Waals surface area contributed by atoms with Crippen LogP contribution < -0.4 is 0 Å². The highest BCUT2D eigenvalue weighted by atomic mass is 35.5. The van der Waals surface area contributed by atoms with Crippen LogP contribution in [0, 0.1) is 0 Å². The van der Waals surface area contributed by atoms with Crippen molar-refractivity contribution in [1.82, 2.24) is 0 Å². The van der Waals surface area contributed by atoms with E-state index >= 15 is 0 Å². The van der Waals surface area contributed by atoms with Crippen LogP contribution in [0.5, 0.6) is 0 Å². The minimum absolute atomic E-state index is 0.0887. The highest BCUT2D eigenvalue weighted by Crippen LogP contribution is 2.28. The Morgan fingerprint density at radius 3 is 2.94 bits per heavy atom. The predicted molar refractivity (Wildman–Crippen MR) is 71.8 cm³/mol. The van der Waals surface area contributed by atoms with Gasteiger partial charge in [-0.25, -0.2) is 4.79 Å². The number of rotatable bonds is 3. The molecule has 0 saturated heterocycles. The van der Waals surface area contributed by atoms with Crippen molar-refractivity contribution in [3.05, 3.63) is 34.2 Å². The van der Waals surface area contributed by atoms with Gasteiger partial charge in [0.05, 0.1) is 11.5 Å². The van der Waals surface area contributed by atoms with Gasteiger partial charge >= 0.3 is 5.97 Å². The fraction of sp³-hybridized carbons (Fsp3) is 0.167. The van der Waals surface area contributed by atoms with Crippen molar-refractivity contribution in [2.24, 2.45) is 5.16 Å². The summed E-state index contributed by atoms with van der Waals surface area (Å²) in [5, 5.41) is 13.5. The molecule has 2 aromatic rings. The number of thiophene rings is 1. The van der Waals surface area contributed by atoms with Crippen molar-refractivity contribution >= 4 is 44.7 Å². The maximum Gasteiger partial charge on any atom is 0.361 e. The standard InChI is InChI=1S/C12H10ClNO3S/c1-2-17-12(15)11(14-16)10-6-7-5-8(13)3-4-9(7)18-10/h3-6,16H,2H2,1H3/b14-11+. The van der Waals surface area contributed by atoms with E-state index < -0.39 is 5.97 Å². The zero-order valence-electron chi connectivity index (χ0n) is 9.51. The van der Waals surface area contributed by atoms with Gasteiger partial charge in [0.2, 0.25) is 5.71 Å². The lowest BCUT2D eigenvalue weighted by Gasteiger charge is -2.00. The second kappa shape index (κ2) is 5.37. The van der Waals surface area contributed by atoms with Crippen LogP contribution >= 0.6 is 22.9 Å². The summed E-state index contributed by atoms with van der Waals surface area (Å²) in [6.07, 6.45) is 0. The van der Waals surface area contributed by atoms with Crippen LogP contribution in [0.2, 0.25) is 5.02 Å². The van der Waals surface area contributed by atoms with E-state index in [1.54, 1.807) is 25.1 Å². The van der Waals surface area contributed by atoms with Gasteiger partial charge in [-0.2, -0.15) is 0 Å². The Hall–Kier alpha value is -1.59. The zero-order chi connectivity index (χ0) is 13.1. The van der Waals surface area contributed by atoms with Gasteiger partial charge in [0.15, 0.2) is 0 Å². The third-order valence-corrected chi connectivity index (χ3v) is 3.64. The lowest BCUT2D eigenvalue weighted by atomic mass is 10.2. The molecule has 0 fully saturated rings. The first-order valence-corrected chi connectivity index (χ1v) is 6.43. The highest BCUT2D eigenvalue weighted by Gasteiger charge is 2.18. The molecule has 0 radical (unpaired) electrons. The van der Waals surface area contributed by atoms with Crippen molar-refractivity contribution in [2.45, 2.75) is 6.92 Å². The largest absolute Gasteiger partial charge is 0.461 e. The van der Waals surface area contributed by atoms with E-state index in [1.807, 2.05) is 6.07 Å². The van der Waals surface area contributed by atoms with Crippen LogP contribution in [0.4, 0.5) is 0 Å². The van der Waals surface area contributed by atoms with Crippen LogP contribution in [-0.2, 0) is 9.53 Å². The number of esters is 1. The number of carbonyl (C=O) groups is 1. The molecule has 18 heavy (non-hydrogen) atoms. The zero-order valence-corrected chi connectivity index (χ0v) is 11.1. The molecule has 0 unspecified atom stereocenters. The molecular formula is C12H10ClNO3S. The number of halogens is 1. The maximum atomic E-state index is 11.6. The number of benzene rings is 1. The molecule has 4 nitrogen and oxygen atoms in total. The van der Waals surface area contributed by atoms with Gasteiger partial charge in [0.25, 0.3) is 0 Å². The molecule has 0 aliphatic heterocycles. The number of oxime groups is 1. The fourth-order valence-electron chi connectivity index (χ4n) is 1.52. The third-order valence-electron chi connectivity index (χ3n) is 2.28. The SMILES string of the molecule is CCOC(=O)/C(=N/O)c1cc2cc(Cl)ccc2s1. The van der Waals surface area contributed by atoms with Crippen molar-refractivity contribution in [2.75, 3.05) is 6.61 Å². The number of carbonyl (C=O) groups excluding carboxylic acids is 1. The molecule has 1 heterocycles. The topological polar surface area (TPSA) is 58.9 Å². The molecule has 0 aliphatic rings. The summed E-state index contributed by atoms with van der Waals surface area (Å²) < 4.78 is 5.78. The predicted octanol–water partition coefficient (Wildman–Crippen LogP) is 3.30. The van der Waals surface area contributed by atoms with Gasteiger partial charge in [-0.15, -0.1) is 11.3 Å². The Morgan fingerprint density at radius 1 is 1.50 bits per heavy atom. The Balaban J connectivity index is 2.43. The molecule has 0 aliphatic carbocycles. The summed E-state index contributed by atoms with van der Waals surface area (Å²) >= 11 is 7.23. The Bertz CT molecular complexity index is 621. The van der Waals surface area contributed by atoms with E-state index in [0.29, 0.717) is 9.90 Å². The van der Waals surface area contributed by atoms with E-state index in [2.05, 4.69) is 5.16 Å². The van der Waals surface area contributed by atoms with Crippen LogP contribution in [0.1, 0.15) is 11.8 Å². The van der Waals surface area contributed by atoms with Crippen molar-refractivity contribution in [3.63, 3.8) is 0 Å². The first-order chi connectivity index (χ1) is 8.65. The number of hydrogen-bond donors (Lipinski definition) is 1. The second-order valence-corrected chi connectivity index (χ2v) is 4.98. The monoisotopic (exact) mass is 283 g/mol. The number of ether oxygens (including phenoxy) is 1. The van der Waals surface area contributed by atoms with E-state index in [1.165, 1.54) is 11.3 Å². The summed E-state index contributed by atoms with van der Waals surface area (Å²) in [7, 11) is 0. The normalized spacial score (nSPS) is 11.8. The molecule has 94 valence electrons. The van der Waals surface area contributed by atoms with Gasteiger partial charge < -0.3 is 9.94 Å². The molecule has 2 rings (SSSR count). The van der Waals surface area contributed by atoms with Crippen molar-refractivity contribution in [3.8, 4) is 0 Å². The van der Waals surface area contributed by atoms with E-state index in [-0.39, 0.29) is 12.3 Å². The summed E-state index contributed by atoms with van der Waals surface area (Å²) in [5.74, 6) is -0.641. The van der Waals surface area contributed by atoms with Gasteiger partial charge in [0, 0.05) is 9.72 Å². The van der Waals surface area contributed by atoms with Gasteiger partial charge in [-0.1, -0.05) is 16.8 Å². The van der Waals surface area contributed by atoms with Crippen molar-refractivity contribution in [1.29, 1.82) is 0 Å². The average Bonchev–Trinajstić information content (AvgIpc) is 2.72. The smallest absolute Gasteiger partial charge is 0.361 e. The van der Waals surface area contributed by atoms with E-state index in [0.717, 1.165) is 10.1 Å². The fourth-order valence-corrected chi connectivity index (χ4v) is 2.72. The Morgan fingerprint density at radius 2 is 2.28 bits per heavy atom. The first-order valence-electron chi connectivity index (χ1n) is 5.24. The Kier molecular flexibility index (Phi) is 3.84. The quantitative estimate of drug-likeness (QED) is 0.407. The average molecular weight is 284 g/mol. The van der Waals surface area contributed by atoms with Gasteiger partial charge in [0.1, 0.15) is 0 Å². The molecule has 0 saturated carbocycles. The summed E-state index contributed by atoms with van der Waals surface area (Å²) in [5.41, 5.74) is -0.0887. The lowest BCUT2D eigenvalue weighted by Crippen LogP contribution is -2.17. The molecular weight excluding hydrogens is 274 g/mol. The van der Waals surface area contributed by atoms with Crippen LogP contribution in [0.15, 0.2) is 29.4 Å². The van der Waals surface area contributed by atoms with Crippen LogP contribution in [0.25, 0.3) is 10.1 Å². The molecule has 0 amide bonds. The van der Waals surface area contributed by atoms with Gasteiger partial charge in [-0.3, -0.25) is 0 Å². The molecule has 6 heteroatoms. The van der Waals surface area contributed by atoms with Crippen molar-refractivity contribution < 1.29 is 14.7 Å². The van der Waals surface area contributed by atoms with Crippen LogP contribution in [-0.4, -0.2) is 23.5 Å².